The number of thioether (sulfide) groups is 1. The van der Waals surface area contributed by atoms with Crippen molar-refractivity contribution in [3.63, 3.8) is 0 Å². The van der Waals surface area contributed by atoms with Gasteiger partial charge in [0.15, 0.2) is 5.78 Å². The molecule has 0 N–H and O–H groups in total. The lowest BCUT2D eigenvalue weighted by Crippen LogP contribution is -2.03. The Labute approximate surface area is 107 Å². The zero-order chi connectivity index (χ0) is 12.9. The Morgan fingerprint density at radius 1 is 1.35 bits per heavy atom. The summed E-state index contributed by atoms with van der Waals surface area (Å²) in [6.45, 7) is 1.54. The number of Topliss-reactive ketones (excluding diaryl/α,β-unsaturated/α-hetero) is 1. The van der Waals surface area contributed by atoms with Crippen LogP contribution in [0, 0.1) is 0 Å². The minimum absolute atomic E-state index is 0.0450. The van der Waals surface area contributed by atoms with Crippen molar-refractivity contribution in [1.82, 2.24) is 0 Å². The van der Waals surface area contributed by atoms with Gasteiger partial charge in [0.05, 0.1) is 5.75 Å². The maximum Gasteiger partial charge on any atom is 0.159 e. The molecule has 1 rings (SSSR count). The topological polar surface area (TPSA) is 51.2 Å². The maximum atomic E-state index is 11.2. The van der Waals surface area contributed by atoms with Crippen molar-refractivity contribution >= 4 is 27.4 Å². The molecule has 0 heterocycles. The van der Waals surface area contributed by atoms with Gasteiger partial charge in [0.2, 0.25) is 0 Å². The molecule has 1 aromatic rings. The number of hydrogen-bond acceptors (Lipinski definition) is 4. The van der Waals surface area contributed by atoms with Crippen molar-refractivity contribution < 1.29 is 13.2 Å². The highest BCUT2D eigenvalue weighted by atomic mass is 32.2. The van der Waals surface area contributed by atoms with Crippen molar-refractivity contribution in [2.24, 2.45) is 0 Å². The molecule has 17 heavy (non-hydrogen) atoms. The molecule has 0 amide bonds. The second-order valence-electron chi connectivity index (χ2n) is 3.92. The fourth-order valence-electron chi connectivity index (χ4n) is 1.32. The lowest BCUT2D eigenvalue weighted by atomic mass is 10.2. The number of ketones is 1. The molecular weight excluding hydrogens is 256 g/mol. The van der Waals surface area contributed by atoms with Crippen LogP contribution in [0.25, 0.3) is 0 Å². The summed E-state index contributed by atoms with van der Waals surface area (Å²) < 4.78 is 21.9. The average Bonchev–Trinajstić information content (AvgIpc) is 2.23. The summed E-state index contributed by atoms with van der Waals surface area (Å²) in [6, 6.07) is 7.39. The molecule has 0 saturated carbocycles. The molecule has 0 aliphatic rings. The summed E-state index contributed by atoms with van der Waals surface area (Å²) in [7, 11) is -2.87. The highest BCUT2D eigenvalue weighted by Crippen LogP contribution is 2.20. The Balaban J connectivity index is 2.47. The molecule has 0 fully saturated rings. The van der Waals surface area contributed by atoms with Crippen LogP contribution in [-0.2, 0) is 9.84 Å². The van der Waals surface area contributed by atoms with Gasteiger partial charge in [0.25, 0.3) is 0 Å². The molecule has 94 valence electrons. The molecule has 0 bridgehead atoms. The average molecular weight is 272 g/mol. The number of benzene rings is 1. The van der Waals surface area contributed by atoms with E-state index in [4.69, 9.17) is 0 Å². The third-order valence-electron chi connectivity index (χ3n) is 2.17. The molecule has 0 unspecified atom stereocenters. The largest absolute Gasteiger partial charge is 0.295 e. The van der Waals surface area contributed by atoms with Gasteiger partial charge >= 0.3 is 0 Å². The van der Waals surface area contributed by atoms with E-state index in [0.717, 1.165) is 10.6 Å². The Morgan fingerprint density at radius 3 is 2.65 bits per heavy atom. The van der Waals surface area contributed by atoms with E-state index in [1.54, 1.807) is 17.8 Å². The van der Waals surface area contributed by atoms with Gasteiger partial charge in [-0.05, 0) is 31.2 Å². The van der Waals surface area contributed by atoms with Gasteiger partial charge < -0.3 is 0 Å². The number of hydrogen-bond donors (Lipinski definition) is 0. The van der Waals surface area contributed by atoms with Crippen LogP contribution in [0.2, 0.25) is 0 Å². The molecule has 0 aliphatic heterocycles. The standard InChI is InChI=1S/C12H16O3S2/c1-10(13)11-5-3-6-12(9-11)16-7-4-8-17(2,14)15/h3,5-6,9H,4,7-8H2,1-2H3. The van der Waals surface area contributed by atoms with Crippen molar-refractivity contribution in [2.75, 3.05) is 17.8 Å². The Kier molecular flexibility index (Phi) is 5.21. The predicted molar refractivity (Wildman–Crippen MR) is 71.5 cm³/mol. The van der Waals surface area contributed by atoms with Crippen LogP contribution in [0.4, 0.5) is 0 Å². The molecule has 0 radical (unpaired) electrons. The lowest BCUT2D eigenvalue weighted by molar-refractivity contribution is 0.101. The van der Waals surface area contributed by atoms with E-state index >= 15 is 0 Å². The minimum atomic E-state index is -2.87. The third-order valence-corrected chi connectivity index (χ3v) is 4.28. The second kappa shape index (κ2) is 6.21. The van der Waals surface area contributed by atoms with E-state index in [0.29, 0.717) is 12.0 Å². The maximum absolute atomic E-state index is 11.2. The highest BCUT2D eigenvalue weighted by Gasteiger charge is 2.03. The minimum Gasteiger partial charge on any atom is -0.295 e. The Bertz CT molecular complexity index is 492. The van der Waals surface area contributed by atoms with Gasteiger partial charge in [-0.25, -0.2) is 8.42 Å². The zero-order valence-corrected chi connectivity index (χ0v) is 11.6. The van der Waals surface area contributed by atoms with Crippen LogP contribution >= 0.6 is 11.8 Å². The summed E-state index contributed by atoms with van der Waals surface area (Å²) in [6.07, 6.45) is 1.88. The summed E-state index contributed by atoms with van der Waals surface area (Å²) in [5, 5.41) is 0. The van der Waals surface area contributed by atoms with Gasteiger partial charge in [0, 0.05) is 16.7 Å². The first-order valence-corrected chi connectivity index (χ1v) is 8.34. The first-order chi connectivity index (χ1) is 7.88. The summed E-state index contributed by atoms with van der Waals surface area (Å²) in [5.41, 5.74) is 0.693. The lowest BCUT2D eigenvalue weighted by Gasteiger charge is -2.03. The number of rotatable bonds is 6. The van der Waals surface area contributed by atoms with Gasteiger partial charge in [-0.15, -0.1) is 11.8 Å². The molecule has 3 nitrogen and oxygen atoms in total. The first-order valence-electron chi connectivity index (χ1n) is 5.30. The predicted octanol–water partition coefficient (Wildman–Crippen LogP) is 2.42. The van der Waals surface area contributed by atoms with Gasteiger partial charge in [-0.1, -0.05) is 12.1 Å². The fourth-order valence-corrected chi connectivity index (χ4v) is 3.08. The summed E-state index contributed by atoms with van der Waals surface area (Å²) >= 11 is 1.58. The van der Waals surface area contributed by atoms with Crippen molar-refractivity contribution in [3.8, 4) is 0 Å². The van der Waals surface area contributed by atoms with Crippen molar-refractivity contribution in [1.29, 1.82) is 0 Å². The second-order valence-corrected chi connectivity index (χ2v) is 7.34. The van der Waals surface area contributed by atoms with Crippen LogP contribution in [0.15, 0.2) is 29.2 Å². The smallest absolute Gasteiger partial charge is 0.159 e. The van der Waals surface area contributed by atoms with E-state index in [-0.39, 0.29) is 11.5 Å². The van der Waals surface area contributed by atoms with Crippen LogP contribution in [0.3, 0.4) is 0 Å². The van der Waals surface area contributed by atoms with E-state index in [1.807, 2.05) is 18.2 Å². The molecule has 1 aromatic carbocycles. The van der Waals surface area contributed by atoms with E-state index in [2.05, 4.69) is 0 Å². The van der Waals surface area contributed by atoms with E-state index < -0.39 is 9.84 Å². The van der Waals surface area contributed by atoms with Crippen LogP contribution in [0.1, 0.15) is 23.7 Å². The van der Waals surface area contributed by atoms with Crippen LogP contribution in [-0.4, -0.2) is 32.0 Å². The summed E-state index contributed by atoms with van der Waals surface area (Å²) in [5.74, 6) is 1.00. The van der Waals surface area contributed by atoms with Crippen LogP contribution in [0.5, 0.6) is 0 Å². The molecule has 0 saturated heterocycles. The molecule has 0 atom stereocenters. The monoisotopic (exact) mass is 272 g/mol. The number of carbonyl (C=O) groups is 1. The third kappa shape index (κ3) is 5.89. The fraction of sp³-hybridized carbons (Fsp3) is 0.417. The Hall–Kier alpha value is -0.810. The first kappa shape index (κ1) is 14.3. The number of carbonyl (C=O) groups excluding carboxylic acids is 1. The normalized spacial score (nSPS) is 11.4. The van der Waals surface area contributed by atoms with E-state index in [1.165, 1.54) is 13.2 Å². The van der Waals surface area contributed by atoms with Crippen molar-refractivity contribution in [3.05, 3.63) is 29.8 Å². The highest BCUT2D eigenvalue weighted by molar-refractivity contribution is 7.99. The SMILES string of the molecule is CC(=O)c1cccc(SCCCS(C)(=O)=O)c1. The van der Waals surface area contributed by atoms with Crippen LogP contribution < -0.4 is 0 Å². The molecule has 0 aromatic heterocycles. The van der Waals surface area contributed by atoms with Crippen molar-refractivity contribution in [2.45, 2.75) is 18.2 Å². The van der Waals surface area contributed by atoms with Gasteiger partial charge in [0.1, 0.15) is 9.84 Å². The van der Waals surface area contributed by atoms with E-state index in [9.17, 15) is 13.2 Å². The molecular formula is C12H16O3S2. The molecule has 0 spiro atoms. The van der Waals surface area contributed by atoms with Gasteiger partial charge in [-0.3, -0.25) is 4.79 Å². The Morgan fingerprint density at radius 2 is 2.06 bits per heavy atom. The zero-order valence-electron chi connectivity index (χ0n) is 9.97. The number of sulfone groups is 1. The molecule has 5 heteroatoms. The quantitative estimate of drug-likeness (QED) is 0.453. The molecule has 0 aliphatic carbocycles. The van der Waals surface area contributed by atoms with Gasteiger partial charge in [-0.2, -0.15) is 0 Å². The summed E-state index contributed by atoms with van der Waals surface area (Å²) in [4.78, 5) is 12.2.